The highest BCUT2D eigenvalue weighted by atomic mass is 35.5. The molecule has 0 aliphatic rings. The van der Waals surface area contributed by atoms with Crippen LogP contribution in [-0.4, -0.2) is 51.9 Å². The lowest BCUT2D eigenvalue weighted by Crippen LogP contribution is -2.50. The van der Waals surface area contributed by atoms with Crippen molar-refractivity contribution < 1.29 is 22.7 Å². The van der Waals surface area contributed by atoms with E-state index in [9.17, 15) is 18.0 Å². The van der Waals surface area contributed by atoms with Gasteiger partial charge in [-0.25, -0.2) is 8.42 Å². The van der Waals surface area contributed by atoms with Crippen LogP contribution in [0.5, 0.6) is 5.75 Å². The summed E-state index contributed by atoms with van der Waals surface area (Å²) in [5.74, 6) is -0.573. The van der Waals surface area contributed by atoms with Crippen LogP contribution < -0.4 is 14.4 Å². The Morgan fingerprint density at radius 3 is 2.24 bits per heavy atom. The van der Waals surface area contributed by atoms with Gasteiger partial charge in [0.2, 0.25) is 11.8 Å². The quantitative estimate of drug-likeness (QED) is 0.354. The molecule has 1 atom stereocenters. The average molecular weight is 599 g/mol. The molecule has 0 saturated carbocycles. The number of anilines is 1. The molecule has 3 rings (SSSR count). The number of likely N-dealkylation sites (N-methyl/N-ethyl adjacent to an activating group) is 1. The zero-order valence-corrected chi connectivity index (χ0v) is 23.9. The van der Waals surface area contributed by atoms with Crippen LogP contribution in [0, 0.1) is 0 Å². The van der Waals surface area contributed by atoms with E-state index in [0.717, 1.165) is 4.31 Å². The highest BCUT2D eigenvalue weighted by molar-refractivity contribution is 7.92. The minimum absolute atomic E-state index is 0.0176. The Labute approximate surface area is 237 Å². The second-order valence-electron chi connectivity index (χ2n) is 8.23. The highest BCUT2D eigenvalue weighted by Gasteiger charge is 2.32. The summed E-state index contributed by atoms with van der Waals surface area (Å²) in [7, 11) is -1.31. The van der Waals surface area contributed by atoms with Crippen LogP contribution in [0.25, 0.3) is 0 Å². The third-order valence-electron chi connectivity index (χ3n) is 5.77. The summed E-state index contributed by atoms with van der Waals surface area (Å²) in [4.78, 5) is 27.5. The summed E-state index contributed by atoms with van der Waals surface area (Å²) in [6.07, 6.45) is 0. The molecule has 1 N–H and O–H groups in total. The van der Waals surface area contributed by atoms with Gasteiger partial charge in [-0.3, -0.25) is 13.9 Å². The molecule has 3 aromatic carbocycles. The summed E-state index contributed by atoms with van der Waals surface area (Å²) in [5, 5.41) is 3.44. The van der Waals surface area contributed by atoms with Crippen molar-refractivity contribution >= 4 is 62.3 Å². The number of benzene rings is 3. The number of amides is 2. The Morgan fingerprint density at radius 2 is 1.66 bits per heavy atom. The first-order chi connectivity index (χ1) is 18.0. The zero-order chi connectivity index (χ0) is 28.0. The molecule has 2 amide bonds. The van der Waals surface area contributed by atoms with Gasteiger partial charge in [0.05, 0.1) is 27.7 Å². The number of rotatable bonds is 10. The molecule has 1 unspecified atom stereocenters. The fourth-order valence-electron chi connectivity index (χ4n) is 3.66. The van der Waals surface area contributed by atoms with Crippen molar-refractivity contribution in [3.8, 4) is 5.75 Å². The number of hydrogen-bond acceptors (Lipinski definition) is 5. The largest absolute Gasteiger partial charge is 0.497 e. The normalized spacial score (nSPS) is 11.9. The predicted molar refractivity (Wildman–Crippen MR) is 150 cm³/mol. The number of ether oxygens (including phenoxy) is 1. The lowest BCUT2D eigenvalue weighted by molar-refractivity contribution is -0.139. The Balaban J connectivity index is 2.04. The van der Waals surface area contributed by atoms with Crippen molar-refractivity contribution in [2.45, 2.75) is 24.4 Å². The van der Waals surface area contributed by atoms with Gasteiger partial charge >= 0.3 is 0 Å². The summed E-state index contributed by atoms with van der Waals surface area (Å²) in [6, 6.07) is 15.9. The minimum Gasteiger partial charge on any atom is -0.497 e. The molecule has 0 fully saturated rings. The van der Waals surface area contributed by atoms with E-state index in [1.807, 2.05) is 0 Å². The van der Waals surface area contributed by atoms with E-state index < -0.39 is 34.4 Å². The first kappa shape index (κ1) is 29.6. The number of nitrogens with one attached hydrogen (secondary N) is 1. The molecular weight excluding hydrogens is 573 g/mol. The van der Waals surface area contributed by atoms with Gasteiger partial charge in [-0.05, 0) is 67.1 Å². The Kier molecular flexibility index (Phi) is 9.89. The van der Waals surface area contributed by atoms with Crippen LogP contribution in [0.3, 0.4) is 0 Å². The van der Waals surface area contributed by atoms with Gasteiger partial charge in [-0.15, -0.1) is 0 Å². The molecule has 8 nitrogen and oxygen atoms in total. The maximum absolute atomic E-state index is 13.8. The molecule has 0 heterocycles. The molecule has 12 heteroatoms. The van der Waals surface area contributed by atoms with Gasteiger partial charge in [0.25, 0.3) is 10.0 Å². The van der Waals surface area contributed by atoms with Gasteiger partial charge in [0.1, 0.15) is 18.3 Å². The van der Waals surface area contributed by atoms with E-state index in [2.05, 4.69) is 5.32 Å². The van der Waals surface area contributed by atoms with Gasteiger partial charge in [-0.1, -0.05) is 46.9 Å². The average Bonchev–Trinajstić information content (AvgIpc) is 2.91. The van der Waals surface area contributed by atoms with E-state index in [-0.39, 0.29) is 27.2 Å². The molecular formula is C26H26Cl3N3O5S. The van der Waals surface area contributed by atoms with Gasteiger partial charge in [-0.2, -0.15) is 0 Å². The van der Waals surface area contributed by atoms with Crippen LogP contribution in [0.2, 0.25) is 15.1 Å². The van der Waals surface area contributed by atoms with Crippen molar-refractivity contribution in [2.24, 2.45) is 0 Å². The Morgan fingerprint density at radius 1 is 0.974 bits per heavy atom. The Hall–Kier alpha value is -2.98. The Bertz CT molecular complexity index is 1420. The number of carbonyl (C=O) groups is 2. The minimum atomic E-state index is -4.23. The van der Waals surface area contributed by atoms with Gasteiger partial charge in [0.15, 0.2) is 0 Å². The zero-order valence-electron chi connectivity index (χ0n) is 20.8. The molecule has 0 bridgehead atoms. The van der Waals surface area contributed by atoms with E-state index in [1.165, 1.54) is 55.5 Å². The molecule has 202 valence electrons. The maximum atomic E-state index is 13.8. The van der Waals surface area contributed by atoms with Crippen LogP contribution >= 0.6 is 34.8 Å². The van der Waals surface area contributed by atoms with Crippen LogP contribution in [0.15, 0.2) is 71.6 Å². The van der Waals surface area contributed by atoms with E-state index >= 15 is 0 Å². The van der Waals surface area contributed by atoms with Crippen LogP contribution in [0.4, 0.5) is 5.69 Å². The number of sulfonamides is 1. The van der Waals surface area contributed by atoms with Crippen molar-refractivity contribution in [1.82, 2.24) is 10.2 Å². The number of methoxy groups -OCH3 is 1. The van der Waals surface area contributed by atoms with E-state index in [1.54, 1.807) is 37.3 Å². The summed E-state index contributed by atoms with van der Waals surface area (Å²) in [6.45, 7) is 0.934. The maximum Gasteiger partial charge on any atom is 0.264 e. The molecule has 0 aromatic heterocycles. The smallest absolute Gasteiger partial charge is 0.264 e. The van der Waals surface area contributed by atoms with E-state index in [4.69, 9.17) is 39.5 Å². The molecule has 38 heavy (non-hydrogen) atoms. The standard InChI is InChI=1S/C26H26Cl3N3O5S/c1-17(26(34)30-2)31(15-18-7-12-23(28)24(29)13-18)25(33)16-32(20-6-4-5-19(27)14-20)38(35,36)22-10-8-21(37-3)9-11-22/h4-14,17H,15-16H2,1-3H3,(H,30,34). The lowest BCUT2D eigenvalue weighted by atomic mass is 10.1. The number of carbonyl (C=O) groups excluding carboxylic acids is 2. The highest BCUT2D eigenvalue weighted by Crippen LogP contribution is 2.28. The van der Waals surface area contributed by atoms with Crippen molar-refractivity contribution in [3.05, 3.63) is 87.4 Å². The SMILES string of the molecule is CNC(=O)C(C)N(Cc1ccc(Cl)c(Cl)c1)C(=O)CN(c1cccc(Cl)c1)S(=O)(=O)c1ccc(OC)cc1. The molecule has 3 aromatic rings. The van der Waals surface area contributed by atoms with Gasteiger partial charge < -0.3 is 15.0 Å². The van der Waals surface area contributed by atoms with Gasteiger partial charge in [0, 0.05) is 18.6 Å². The first-order valence-corrected chi connectivity index (χ1v) is 13.9. The molecule has 0 aliphatic carbocycles. The number of nitrogens with zero attached hydrogens (tertiary/aromatic N) is 2. The first-order valence-electron chi connectivity index (χ1n) is 11.3. The lowest BCUT2D eigenvalue weighted by Gasteiger charge is -2.32. The monoisotopic (exact) mass is 597 g/mol. The fraction of sp³-hybridized carbons (Fsp3) is 0.231. The number of halogens is 3. The third kappa shape index (κ3) is 6.91. The summed E-state index contributed by atoms with van der Waals surface area (Å²) < 4.78 is 33.6. The fourth-order valence-corrected chi connectivity index (χ4v) is 5.57. The van der Waals surface area contributed by atoms with Crippen LogP contribution in [-0.2, 0) is 26.2 Å². The van der Waals surface area contributed by atoms with Crippen molar-refractivity contribution in [2.75, 3.05) is 25.0 Å². The summed E-state index contributed by atoms with van der Waals surface area (Å²) in [5.41, 5.74) is 0.791. The molecule has 0 radical (unpaired) electrons. The van der Waals surface area contributed by atoms with Crippen molar-refractivity contribution in [3.63, 3.8) is 0 Å². The molecule has 0 aliphatic heterocycles. The van der Waals surface area contributed by atoms with Crippen molar-refractivity contribution in [1.29, 1.82) is 0 Å². The topological polar surface area (TPSA) is 96.0 Å². The van der Waals surface area contributed by atoms with Crippen LogP contribution in [0.1, 0.15) is 12.5 Å². The third-order valence-corrected chi connectivity index (χ3v) is 8.54. The predicted octanol–water partition coefficient (Wildman–Crippen LogP) is 5.01. The van der Waals surface area contributed by atoms with E-state index in [0.29, 0.717) is 16.3 Å². The molecule has 0 spiro atoms. The summed E-state index contributed by atoms with van der Waals surface area (Å²) >= 11 is 18.3. The second-order valence-corrected chi connectivity index (χ2v) is 11.3. The number of hydrogen-bond donors (Lipinski definition) is 1. The second kappa shape index (κ2) is 12.7. The molecule has 0 saturated heterocycles.